The van der Waals surface area contributed by atoms with Crippen LogP contribution in [0.3, 0.4) is 0 Å². The van der Waals surface area contributed by atoms with E-state index in [4.69, 9.17) is 5.11 Å². The van der Waals surface area contributed by atoms with E-state index in [1.807, 2.05) is 0 Å². The topological polar surface area (TPSA) is 54.4 Å². The summed E-state index contributed by atoms with van der Waals surface area (Å²) in [5.41, 5.74) is -1.12. The summed E-state index contributed by atoms with van der Waals surface area (Å²) in [4.78, 5) is 22.5. The number of carboxylic acid groups (broad SMARTS) is 1. The van der Waals surface area contributed by atoms with Gasteiger partial charge < -0.3 is 5.11 Å². The molecule has 1 aromatic rings. The van der Waals surface area contributed by atoms with Gasteiger partial charge in [-0.1, -0.05) is 0 Å². The molecule has 0 amide bonds. The van der Waals surface area contributed by atoms with Gasteiger partial charge in [0.05, 0.1) is 5.41 Å². The normalized spacial score (nSPS) is 11.3. The fourth-order valence-electron chi connectivity index (χ4n) is 1.39. The van der Waals surface area contributed by atoms with Crippen molar-refractivity contribution >= 4 is 11.8 Å². The van der Waals surface area contributed by atoms with Crippen LogP contribution < -0.4 is 0 Å². The summed E-state index contributed by atoms with van der Waals surface area (Å²) in [5, 5.41) is 8.88. The van der Waals surface area contributed by atoms with E-state index in [0.29, 0.717) is 6.07 Å². The van der Waals surface area contributed by atoms with Gasteiger partial charge in [0.2, 0.25) is 0 Å². The van der Waals surface area contributed by atoms with Gasteiger partial charge in [0.15, 0.2) is 5.78 Å². The van der Waals surface area contributed by atoms with Gasteiger partial charge >= 0.3 is 5.97 Å². The molecule has 0 aliphatic carbocycles. The lowest BCUT2D eigenvalue weighted by Crippen LogP contribution is -2.24. The van der Waals surface area contributed by atoms with Crippen LogP contribution in [-0.4, -0.2) is 16.9 Å². The molecule has 0 saturated carbocycles. The van der Waals surface area contributed by atoms with Gasteiger partial charge in [-0.25, -0.2) is 8.78 Å². The third kappa shape index (κ3) is 3.61. The minimum absolute atomic E-state index is 0.0673. The molecule has 0 aliphatic rings. The fourth-order valence-corrected chi connectivity index (χ4v) is 1.39. The summed E-state index contributed by atoms with van der Waals surface area (Å²) in [6.07, 6.45) is 0.0431. The number of ketones is 1. The van der Waals surface area contributed by atoms with Gasteiger partial charge in [-0.2, -0.15) is 0 Å². The summed E-state index contributed by atoms with van der Waals surface area (Å²) in [6, 6.07) is 2.57. The molecule has 0 atom stereocenters. The first-order valence-electron chi connectivity index (χ1n) is 5.45. The SMILES string of the molecule is CC(C)(CCC(=O)c1cc(F)cc(F)c1)C(=O)O. The molecule has 98 valence electrons. The number of benzene rings is 1. The molecule has 0 heterocycles. The number of carbonyl (C=O) groups is 2. The first kappa shape index (κ1) is 14.3. The minimum atomic E-state index is -1.04. The van der Waals surface area contributed by atoms with E-state index >= 15 is 0 Å². The molecule has 0 unspecified atom stereocenters. The van der Waals surface area contributed by atoms with Crippen LogP contribution >= 0.6 is 0 Å². The summed E-state index contributed by atoms with van der Waals surface area (Å²) in [5.74, 6) is -3.13. The minimum Gasteiger partial charge on any atom is -0.481 e. The highest BCUT2D eigenvalue weighted by atomic mass is 19.1. The number of halogens is 2. The molecule has 0 spiro atoms. The zero-order valence-electron chi connectivity index (χ0n) is 10.2. The van der Waals surface area contributed by atoms with Crippen LogP contribution in [-0.2, 0) is 4.79 Å². The van der Waals surface area contributed by atoms with Crippen molar-refractivity contribution in [2.75, 3.05) is 0 Å². The van der Waals surface area contributed by atoms with Gasteiger partial charge in [0.1, 0.15) is 11.6 Å². The molecule has 3 nitrogen and oxygen atoms in total. The van der Waals surface area contributed by atoms with E-state index in [1.54, 1.807) is 0 Å². The Labute approximate surface area is 103 Å². The second-order valence-corrected chi connectivity index (χ2v) is 4.77. The second-order valence-electron chi connectivity index (χ2n) is 4.77. The Hall–Kier alpha value is -1.78. The lowest BCUT2D eigenvalue weighted by molar-refractivity contribution is -0.147. The van der Waals surface area contributed by atoms with Gasteiger partial charge in [-0.3, -0.25) is 9.59 Å². The number of rotatable bonds is 5. The number of Topliss-reactive ketones (excluding diaryl/α,β-unsaturated/α-hetero) is 1. The van der Waals surface area contributed by atoms with E-state index < -0.39 is 28.8 Å². The van der Waals surface area contributed by atoms with Crippen molar-refractivity contribution in [2.24, 2.45) is 5.41 Å². The number of carboxylic acids is 1. The fraction of sp³-hybridized carbons (Fsp3) is 0.385. The molecule has 0 saturated heterocycles. The molecule has 1 rings (SSSR count). The lowest BCUT2D eigenvalue weighted by atomic mass is 9.86. The van der Waals surface area contributed by atoms with Gasteiger partial charge in [0.25, 0.3) is 0 Å². The molecule has 0 aliphatic heterocycles. The monoisotopic (exact) mass is 256 g/mol. The Morgan fingerprint density at radius 1 is 1.17 bits per heavy atom. The van der Waals surface area contributed by atoms with Crippen molar-refractivity contribution < 1.29 is 23.5 Å². The number of hydrogen-bond donors (Lipinski definition) is 1. The molecular formula is C13H14F2O3. The second kappa shape index (κ2) is 5.25. The van der Waals surface area contributed by atoms with Crippen LogP contribution in [0.25, 0.3) is 0 Å². The number of carbonyl (C=O) groups excluding carboxylic acids is 1. The first-order valence-corrected chi connectivity index (χ1v) is 5.45. The molecule has 1 aromatic carbocycles. The van der Waals surface area contributed by atoms with E-state index in [0.717, 1.165) is 12.1 Å². The highest BCUT2D eigenvalue weighted by Crippen LogP contribution is 2.24. The molecular weight excluding hydrogens is 242 g/mol. The lowest BCUT2D eigenvalue weighted by Gasteiger charge is -2.18. The molecule has 0 aromatic heterocycles. The zero-order chi connectivity index (χ0) is 13.9. The van der Waals surface area contributed by atoms with Gasteiger partial charge in [-0.05, 0) is 32.4 Å². The molecule has 1 N–H and O–H groups in total. The van der Waals surface area contributed by atoms with E-state index in [2.05, 4.69) is 0 Å². The van der Waals surface area contributed by atoms with Gasteiger partial charge in [0, 0.05) is 18.1 Å². The van der Waals surface area contributed by atoms with Crippen LogP contribution in [0, 0.1) is 17.0 Å². The Morgan fingerprint density at radius 3 is 2.11 bits per heavy atom. The first-order chi connectivity index (χ1) is 8.22. The van der Waals surface area contributed by atoms with Crippen molar-refractivity contribution in [1.29, 1.82) is 0 Å². The van der Waals surface area contributed by atoms with Crippen molar-refractivity contribution in [3.63, 3.8) is 0 Å². The number of hydrogen-bond acceptors (Lipinski definition) is 2. The Kier molecular flexibility index (Phi) is 4.16. The van der Waals surface area contributed by atoms with E-state index in [1.165, 1.54) is 13.8 Å². The summed E-state index contributed by atoms with van der Waals surface area (Å²) in [6.45, 7) is 2.99. The zero-order valence-corrected chi connectivity index (χ0v) is 10.2. The Balaban J connectivity index is 2.75. The summed E-state index contributed by atoms with van der Waals surface area (Å²) < 4.78 is 25.8. The average Bonchev–Trinajstić information content (AvgIpc) is 2.24. The predicted molar refractivity (Wildman–Crippen MR) is 61.3 cm³/mol. The van der Waals surface area contributed by atoms with Crippen LogP contribution in [0.4, 0.5) is 8.78 Å². The third-order valence-electron chi connectivity index (χ3n) is 2.74. The highest BCUT2D eigenvalue weighted by Gasteiger charge is 2.27. The standard InChI is InChI=1S/C13H14F2O3/c1-13(2,12(17)18)4-3-11(16)8-5-9(14)7-10(15)6-8/h5-7H,3-4H2,1-2H3,(H,17,18). The maximum atomic E-state index is 12.9. The summed E-state index contributed by atoms with van der Waals surface area (Å²) >= 11 is 0. The van der Waals surface area contributed by atoms with Crippen LogP contribution in [0.1, 0.15) is 37.0 Å². The molecule has 0 bridgehead atoms. The van der Waals surface area contributed by atoms with Crippen molar-refractivity contribution in [2.45, 2.75) is 26.7 Å². The molecule has 0 fully saturated rings. The number of aliphatic carboxylic acids is 1. The molecule has 0 radical (unpaired) electrons. The van der Waals surface area contributed by atoms with Crippen LogP contribution in [0.2, 0.25) is 0 Å². The Bertz CT molecular complexity index is 461. The van der Waals surface area contributed by atoms with Gasteiger partial charge in [-0.15, -0.1) is 0 Å². The smallest absolute Gasteiger partial charge is 0.309 e. The molecule has 18 heavy (non-hydrogen) atoms. The Morgan fingerprint density at radius 2 is 1.67 bits per heavy atom. The van der Waals surface area contributed by atoms with Crippen molar-refractivity contribution in [3.05, 3.63) is 35.4 Å². The van der Waals surface area contributed by atoms with Crippen LogP contribution in [0.5, 0.6) is 0 Å². The molecule has 5 heteroatoms. The summed E-state index contributed by atoms with van der Waals surface area (Å²) in [7, 11) is 0. The highest BCUT2D eigenvalue weighted by molar-refractivity contribution is 5.96. The maximum absolute atomic E-state index is 12.9. The van der Waals surface area contributed by atoms with Crippen LogP contribution in [0.15, 0.2) is 18.2 Å². The van der Waals surface area contributed by atoms with Crippen molar-refractivity contribution in [3.8, 4) is 0 Å². The van der Waals surface area contributed by atoms with Crippen molar-refractivity contribution in [1.82, 2.24) is 0 Å². The quantitative estimate of drug-likeness (QED) is 0.824. The maximum Gasteiger partial charge on any atom is 0.309 e. The predicted octanol–water partition coefficient (Wildman–Crippen LogP) is 3.04. The largest absolute Gasteiger partial charge is 0.481 e. The third-order valence-corrected chi connectivity index (χ3v) is 2.74. The van der Waals surface area contributed by atoms with E-state index in [-0.39, 0.29) is 18.4 Å². The average molecular weight is 256 g/mol. The van der Waals surface area contributed by atoms with E-state index in [9.17, 15) is 18.4 Å².